The molecule has 0 spiro atoms. The minimum Gasteiger partial charge on any atom is -0.310 e. The molecular formula is C16H25NO2S. The van der Waals surface area contributed by atoms with Gasteiger partial charge in [-0.05, 0) is 48.8 Å². The van der Waals surface area contributed by atoms with E-state index in [-0.39, 0.29) is 0 Å². The highest BCUT2D eigenvalue weighted by Gasteiger charge is 2.23. The first-order valence-corrected chi connectivity index (χ1v) is 9.28. The number of sulfone groups is 1. The van der Waals surface area contributed by atoms with Gasteiger partial charge >= 0.3 is 0 Å². The molecule has 0 amide bonds. The van der Waals surface area contributed by atoms with Crippen LogP contribution in [0.4, 0.5) is 0 Å². The van der Waals surface area contributed by atoms with E-state index in [4.69, 9.17) is 0 Å². The highest BCUT2D eigenvalue weighted by molar-refractivity contribution is 7.90. The molecule has 112 valence electrons. The number of hydrogen-bond donors (Lipinski definition) is 1. The van der Waals surface area contributed by atoms with E-state index in [1.807, 2.05) is 12.1 Å². The Morgan fingerprint density at radius 2 is 1.75 bits per heavy atom. The summed E-state index contributed by atoms with van der Waals surface area (Å²) in [5.74, 6) is 1.62. The smallest absolute Gasteiger partial charge is 0.175 e. The van der Waals surface area contributed by atoms with Gasteiger partial charge in [0.1, 0.15) is 0 Å². The highest BCUT2D eigenvalue weighted by Crippen LogP contribution is 2.29. The summed E-state index contributed by atoms with van der Waals surface area (Å²) in [7, 11) is -3.09. The summed E-state index contributed by atoms with van der Waals surface area (Å²) in [6.45, 7) is 5.49. The Labute approximate surface area is 122 Å². The maximum atomic E-state index is 11.4. The Hall–Kier alpha value is -0.870. The van der Waals surface area contributed by atoms with E-state index in [9.17, 15) is 8.42 Å². The lowest BCUT2D eigenvalue weighted by Gasteiger charge is -2.32. The van der Waals surface area contributed by atoms with E-state index < -0.39 is 9.84 Å². The van der Waals surface area contributed by atoms with Crippen molar-refractivity contribution in [3.63, 3.8) is 0 Å². The Bertz CT molecular complexity index is 536. The van der Waals surface area contributed by atoms with Gasteiger partial charge < -0.3 is 5.32 Å². The van der Waals surface area contributed by atoms with Gasteiger partial charge in [0.05, 0.1) is 4.90 Å². The molecule has 1 aromatic rings. The van der Waals surface area contributed by atoms with Crippen LogP contribution in [0.1, 0.15) is 38.7 Å². The van der Waals surface area contributed by atoms with Crippen molar-refractivity contribution in [2.75, 3.05) is 6.26 Å². The Morgan fingerprint density at radius 3 is 2.30 bits per heavy atom. The zero-order valence-electron chi connectivity index (χ0n) is 12.6. The van der Waals surface area contributed by atoms with Crippen LogP contribution >= 0.6 is 0 Å². The fourth-order valence-corrected chi connectivity index (χ4v) is 3.48. The minimum atomic E-state index is -3.09. The molecule has 1 aromatic carbocycles. The molecule has 1 fully saturated rings. The highest BCUT2D eigenvalue weighted by atomic mass is 32.2. The van der Waals surface area contributed by atoms with Crippen molar-refractivity contribution < 1.29 is 8.42 Å². The molecule has 1 aliphatic rings. The Morgan fingerprint density at radius 1 is 1.10 bits per heavy atom. The molecule has 20 heavy (non-hydrogen) atoms. The number of rotatable bonds is 4. The van der Waals surface area contributed by atoms with Gasteiger partial charge in [0.2, 0.25) is 0 Å². The average molecular weight is 295 g/mol. The minimum absolute atomic E-state index is 0.390. The quantitative estimate of drug-likeness (QED) is 0.929. The number of hydrogen-bond acceptors (Lipinski definition) is 3. The lowest BCUT2D eigenvalue weighted by molar-refractivity contribution is 0.225. The zero-order valence-corrected chi connectivity index (χ0v) is 13.4. The van der Waals surface area contributed by atoms with Gasteiger partial charge in [0.25, 0.3) is 0 Å². The molecule has 0 heterocycles. The van der Waals surface area contributed by atoms with Crippen molar-refractivity contribution in [1.82, 2.24) is 5.32 Å². The molecule has 0 radical (unpaired) electrons. The lowest BCUT2D eigenvalue weighted by Crippen LogP contribution is -2.35. The zero-order chi connectivity index (χ0) is 14.8. The first-order valence-electron chi connectivity index (χ1n) is 7.38. The van der Waals surface area contributed by atoms with Gasteiger partial charge in [0.15, 0.2) is 9.84 Å². The van der Waals surface area contributed by atoms with Gasteiger partial charge in [-0.2, -0.15) is 0 Å². The number of nitrogens with one attached hydrogen (secondary N) is 1. The van der Waals surface area contributed by atoms with Crippen molar-refractivity contribution >= 4 is 9.84 Å². The van der Waals surface area contributed by atoms with E-state index >= 15 is 0 Å². The summed E-state index contributed by atoms with van der Waals surface area (Å²) >= 11 is 0. The molecule has 1 aliphatic carbocycles. The third kappa shape index (κ3) is 4.06. The fraction of sp³-hybridized carbons (Fsp3) is 0.625. The molecule has 0 aromatic heterocycles. The third-order valence-corrected chi connectivity index (χ3v) is 5.67. The summed E-state index contributed by atoms with van der Waals surface area (Å²) < 4.78 is 22.8. The first kappa shape index (κ1) is 15.5. The molecule has 0 aliphatic heterocycles. The predicted octanol–water partition coefficient (Wildman–Crippen LogP) is 3.00. The van der Waals surface area contributed by atoms with Crippen molar-refractivity contribution in [1.29, 1.82) is 0 Å². The van der Waals surface area contributed by atoms with Crippen LogP contribution in [-0.2, 0) is 16.4 Å². The molecule has 4 heteroatoms. The Balaban J connectivity index is 1.88. The van der Waals surface area contributed by atoms with Crippen molar-refractivity contribution in [2.45, 2.75) is 50.6 Å². The van der Waals surface area contributed by atoms with E-state index in [0.29, 0.717) is 10.9 Å². The molecule has 3 atom stereocenters. The fourth-order valence-electron chi connectivity index (χ4n) is 2.85. The average Bonchev–Trinajstić information content (AvgIpc) is 2.40. The Kier molecular flexibility index (Phi) is 4.86. The van der Waals surface area contributed by atoms with Gasteiger partial charge in [-0.15, -0.1) is 0 Å². The molecule has 0 bridgehead atoms. The van der Waals surface area contributed by atoms with Gasteiger partial charge in [-0.3, -0.25) is 0 Å². The standard InChI is InChI=1S/C16H25NO2S/c1-12-4-7-15(10-13(12)2)17-11-14-5-8-16(9-6-14)20(3,18)19/h5-6,8-9,12-13,15,17H,4,7,10-11H2,1-3H3. The lowest BCUT2D eigenvalue weighted by atomic mass is 9.79. The van der Waals surface area contributed by atoms with E-state index in [2.05, 4.69) is 19.2 Å². The van der Waals surface area contributed by atoms with Gasteiger partial charge in [-0.25, -0.2) is 8.42 Å². The summed E-state index contributed by atoms with van der Waals surface area (Å²) in [5.41, 5.74) is 1.14. The molecule has 0 saturated heterocycles. The normalized spacial score (nSPS) is 27.4. The molecule has 3 unspecified atom stereocenters. The SMILES string of the molecule is CC1CCC(NCc2ccc(S(C)(=O)=O)cc2)CC1C. The van der Waals surface area contributed by atoms with Gasteiger partial charge in [0, 0.05) is 18.8 Å². The predicted molar refractivity (Wildman–Crippen MR) is 82.4 cm³/mol. The summed E-state index contributed by atoms with van der Waals surface area (Å²) in [4.78, 5) is 0.390. The second-order valence-corrected chi connectivity index (χ2v) is 8.28. The van der Waals surface area contributed by atoms with Crippen LogP contribution in [-0.4, -0.2) is 20.7 Å². The van der Waals surface area contributed by atoms with Crippen LogP contribution < -0.4 is 5.32 Å². The molecule has 2 rings (SSSR count). The number of benzene rings is 1. The first-order chi connectivity index (χ1) is 9.36. The second kappa shape index (κ2) is 6.27. The monoisotopic (exact) mass is 295 g/mol. The summed E-state index contributed by atoms with van der Waals surface area (Å²) in [5, 5.41) is 3.60. The molecule has 1 saturated carbocycles. The van der Waals surface area contributed by atoms with Crippen LogP contribution in [0.5, 0.6) is 0 Å². The maximum absolute atomic E-state index is 11.4. The van der Waals surface area contributed by atoms with E-state index in [1.54, 1.807) is 12.1 Å². The maximum Gasteiger partial charge on any atom is 0.175 e. The summed E-state index contributed by atoms with van der Waals surface area (Å²) in [6, 6.07) is 7.78. The van der Waals surface area contributed by atoms with Gasteiger partial charge in [-0.1, -0.05) is 26.0 Å². The van der Waals surface area contributed by atoms with Crippen LogP contribution in [0.15, 0.2) is 29.2 Å². The van der Waals surface area contributed by atoms with Crippen molar-refractivity contribution in [3.8, 4) is 0 Å². The van der Waals surface area contributed by atoms with Crippen molar-refractivity contribution in [2.24, 2.45) is 11.8 Å². The molecular weight excluding hydrogens is 270 g/mol. The van der Waals surface area contributed by atoms with E-state index in [1.165, 1.54) is 25.5 Å². The third-order valence-electron chi connectivity index (χ3n) is 4.54. The van der Waals surface area contributed by atoms with E-state index in [0.717, 1.165) is 23.9 Å². The molecule has 1 N–H and O–H groups in total. The molecule has 3 nitrogen and oxygen atoms in total. The topological polar surface area (TPSA) is 46.2 Å². The van der Waals surface area contributed by atoms with Crippen LogP contribution in [0.3, 0.4) is 0 Å². The van der Waals surface area contributed by atoms with Crippen molar-refractivity contribution in [3.05, 3.63) is 29.8 Å². The van der Waals surface area contributed by atoms with Crippen LogP contribution in [0, 0.1) is 11.8 Å². The second-order valence-electron chi connectivity index (χ2n) is 6.26. The largest absolute Gasteiger partial charge is 0.310 e. The van der Waals surface area contributed by atoms with Crippen LogP contribution in [0.2, 0.25) is 0 Å². The summed E-state index contributed by atoms with van der Waals surface area (Å²) in [6.07, 6.45) is 5.02. The van der Waals surface area contributed by atoms with Crippen LogP contribution in [0.25, 0.3) is 0 Å².